The molecule has 0 heterocycles. The third-order valence-corrected chi connectivity index (χ3v) is 2.39. The molecule has 0 saturated carbocycles. The van der Waals surface area contributed by atoms with Gasteiger partial charge in [-0.25, -0.2) is 0 Å². The van der Waals surface area contributed by atoms with Crippen molar-refractivity contribution in [2.75, 3.05) is 17.6 Å². The second kappa shape index (κ2) is 5.64. The van der Waals surface area contributed by atoms with Crippen LogP contribution in [0.4, 0.5) is 11.4 Å². The van der Waals surface area contributed by atoms with Crippen molar-refractivity contribution in [3.8, 4) is 0 Å². The first-order valence-electron chi connectivity index (χ1n) is 5.69. The quantitative estimate of drug-likeness (QED) is 0.572. The molecule has 0 fully saturated rings. The summed E-state index contributed by atoms with van der Waals surface area (Å²) in [6.07, 6.45) is 2.49. The van der Waals surface area contributed by atoms with Crippen LogP contribution in [0.5, 0.6) is 0 Å². The molecule has 1 rings (SSSR count). The Bertz CT molecular complexity index is 285. The molecule has 0 amide bonds. The molecular weight excluding hydrogens is 184 g/mol. The summed E-state index contributed by atoms with van der Waals surface area (Å²) in [5, 5.41) is 3.40. The molecule has 0 bridgehead atoms. The van der Waals surface area contributed by atoms with E-state index in [1.54, 1.807) is 0 Å². The number of nitrogen functional groups attached to an aromatic ring is 1. The first kappa shape index (κ1) is 11.9. The summed E-state index contributed by atoms with van der Waals surface area (Å²) < 4.78 is 0. The summed E-state index contributed by atoms with van der Waals surface area (Å²) in [6, 6.07) is 6.10. The van der Waals surface area contributed by atoms with Gasteiger partial charge in [0.2, 0.25) is 0 Å². The molecule has 15 heavy (non-hydrogen) atoms. The zero-order valence-corrected chi connectivity index (χ0v) is 10.0. The van der Waals surface area contributed by atoms with E-state index in [9.17, 15) is 0 Å². The fraction of sp³-hybridized carbons (Fsp3) is 0.538. The minimum atomic E-state index is 0.786. The van der Waals surface area contributed by atoms with Crippen molar-refractivity contribution >= 4 is 11.4 Å². The van der Waals surface area contributed by atoms with Crippen molar-refractivity contribution in [3.63, 3.8) is 0 Å². The number of hydrogen-bond donors (Lipinski definition) is 2. The monoisotopic (exact) mass is 206 g/mol. The van der Waals surface area contributed by atoms with Gasteiger partial charge < -0.3 is 11.1 Å². The third-order valence-electron chi connectivity index (χ3n) is 2.39. The summed E-state index contributed by atoms with van der Waals surface area (Å²) in [7, 11) is 0. The van der Waals surface area contributed by atoms with Gasteiger partial charge >= 0.3 is 0 Å². The van der Waals surface area contributed by atoms with Gasteiger partial charge in [-0.3, -0.25) is 0 Å². The lowest BCUT2D eigenvalue weighted by molar-refractivity contribution is 0.567. The van der Waals surface area contributed by atoms with Crippen LogP contribution >= 0.6 is 0 Å². The van der Waals surface area contributed by atoms with Crippen molar-refractivity contribution in [1.29, 1.82) is 0 Å². The van der Waals surface area contributed by atoms with Crippen LogP contribution in [-0.2, 0) is 0 Å². The molecule has 0 radical (unpaired) electrons. The predicted octanol–water partition coefficient (Wildman–Crippen LogP) is 3.43. The lowest BCUT2D eigenvalue weighted by Crippen LogP contribution is -2.03. The minimum absolute atomic E-state index is 0.786. The Hall–Kier alpha value is -1.18. The first-order chi connectivity index (χ1) is 7.08. The molecule has 1 aromatic rings. The molecule has 0 aliphatic carbocycles. The highest BCUT2D eigenvalue weighted by Crippen LogP contribution is 2.16. The van der Waals surface area contributed by atoms with E-state index in [1.807, 2.05) is 12.1 Å². The van der Waals surface area contributed by atoms with Crippen molar-refractivity contribution in [3.05, 3.63) is 23.8 Å². The third kappa shape index (κ3) is 4.73. The molecule has 3 N–H and O–H groups in total. The van der Waals surface area contributed by atoms with Gasteiger partial charge in [0, 0.05) is 17.9 Å². The lowest BCUT2D eigenvalue weighted by Gasteiger charge is -2.09. The molecule has 0 atom stereocenters. The maximum Gasteiger partial charge on any atom is 0.0363 e. The first-order valence-corrected chi connectivity index (χ1v) is 5.69. The van der Waals surface area contributed by atoms with Crippen molar-refractivity contribution in [2.24, 2.45) is 5.92 Å². The zero-order valence-electron chi connectivity index (χ0n) is 10.0. The number of rotatable bonds is 5. The molecule has 0 spiro atoms. The Labute approximate surface area is 92.9 Å². The van der Waals surface area contributed by atoms with E-state index < -0.39 is 0 Å². The van der Waals surface area contributed by atoms with Crippen molar-refractivity contribution < 1.29 is 0 Å². The van der Waals surface area contributed by atoms with E-state index in [0.29, 0.717) is 0 Å². The van der Waals surface area contributed by atoms with Gasteiger partial charge in [0.15, 0.2) is 0 Å². The highest BCUT2D eigenvalue weighted by atomic mass is 14.9. The Morgan fingerprint density at radius 2 is 2.00 bits per heavy atom. The number of nitrogens with two attached hydrogens (primary N) is 1. The number of anilines is 2. The standard InChI is InChI=1S/C13H22N2/c1-10(2)5-4-6-15-13-8-11(3)7-12(14)9-13/h7-10,15H,4-6,14H2,1-3H3. The number of hydrogen-bond acceptors (Lipinski definition) is 2. The van der Waals surface area contributed by atoms with Crippen molar-refractivity contribution in [2.45, 2.75) is 33.6 Å². The smallest absolute Gasteiger partial charge is 0.0363 e. The van der Waals surface area contributed by atoms with Crippen LogP contribution in [-0.4, -0.2) is 6.54 Å². The Balaban J connectivity index is 2.37. The summed E-state index contributed by atoms with van der Waals surface area (Å²) in [5.41, 5.74) is 8.95. The second-order valence-electron chi connectivity index (χ2n) is 4.60. The normalized spacial score (nSPS) is 10.7. The van der Waals surface area contributed by atoms with Crippen LogP contribution < -0.4 is 11.1 Å². The highest BCUT2D eigenvalue weighted by Gasteiger charge is 1.96. The number of aryl methyl sites for hydroxylation is 1. The molecule has 0 aliphatic heterocycles. The number of nitrogens with one attached hydrogen (secondary N) is 1. The topological polar surface area (TPSA) is 38.0 Å². The fourth-order valence-corrected chi connectivity index (χ4v) is 1.66. The van der Waals surface area contributed by atoms with E-state index in [2.05, 4.69) is 32.2 Å². The summed E-state index contributed by atoms with van der Waals surface area (Å²) in [4.78, 5) is 0. The Kier molecular flexibility index (Phi) is 4.47. The maximum atomic E-state index is 5.77. The predicted molar refractivity (Wildman–Crippen MR) is 68.2 cm³/mol. The number of benzene rings is 1. The molecule has 2 nitrogen and oxygen atoms in total. The van der Waals surface area contributed by atoms with E-state index in [1.165, 1.54) is 18.4 Å². The Morgan fingerprint density at radius 3 is 2.60 bits per heavy atom. The molecule has 0 aromatic heterocycles. The molecule has 0 saturated heterocycles. The van der Waals surface area contributed by atoms with Crippen LogP contribution in [0, 0.1) is 12.8 Å². The molecular formula is C13H22N2. The van der Waals surface area contributed by atoms with Crippen LogP contribution in [0.2, 0.25) is 0 Å². The summed E-state index contributed by atoms with van der Waals surface area (Å²) >= 11 is 0. The van der Waals surface area contributed by atoms with Gasteiger partial charge in [-0.15, -0.1) is 0 Å². The highest BCUT2D eigenvalue weighted by molar-refractivity contribution is 5.56. The van der Waals surface area contributed by atoms with E-state index in [-0.39, 0.29) is 0 Å². The largest absolute Gasteiger partial charge is 0.399 e. The fourth-order valence-electron chi connectivity index (χ4n) is 1.66. The van der Waals surface area contributed by atoms with Gasteiger partial charge in [-0.1, -0.05) is 13.8 Å². The minimum Gasteiger partial charge on any atom is -0.399 e. The second-order valence-corrected chi connectivity index (χ2v) is 4.60. The summed E-state index contributed by atoms with van der Waals surface area (Å²) in [6.45, 7) is 7.60. The van der Waals surface area contributed by atoms with E-state index in [4.69, 9.17) is 5.73 Å². The van der Waals surface area contributed by atoms with Crippen LogP contribution in [0.25, 0.3) is 0 Å². The van der Waals surface area contributed by atoms with Gasteiger partial charge in [0.25, 0.3) is 0 Å². The average molecular weight is 206 g/mol. The molecule has 84 valence electrons. The van der Waals surface area contributed by atoms with E-state index >= 15 is 0 Å². The van der Waals surface area contributed by atoms with Gasteiger partial charge in [-0.2, -0.15) is 0 Å². The van der Waals surface area contributed by atoms with Gasteiger partial charge in [0.1, 0.15) is 0 Å². The van der Waals surface area contributed by atoms with Crippen molar-refractivity contribution in [1.82, 2.24) is 0 Å². The average Bonchev–Trinajstić information content (AvgIpc) is 2.10. The zero-order chi connectivity index (χ0) is 11.3. The summed E-state index contributed by atoms with van der Waals surface area (Å²) in [5.74, 6) is 0.786. The maximum absolute atomic E-state index is 5.77. The van der Waals surface area contributed by atoms with E-state index in [0.717, 1.165) is 23.8 Å². The van der Waals surface area contributed by atoms with Crippen LogP contribution in [0.3, 0.4) is 0 Å². The van der Waals surface area contributed by atoms with Crippen LogP contribution in [0.15, 0.2) is 18.2 Å². The SMILES string of the molecule is Cc1cc(N)cc(NCCCC(C)C)c1. The Morgan fingerprint density at radius 1 is 1.27 bits per heavy atom. The lowest BCUT2D eigenvalue weighted by atomic mass is 10.1. The van der Waals surface area contributed by atoms with Crippen LogP contribution in [0.1, 0.15) is 32.3 Å². The van der Waals surface area contributed by atoms with Gasteiger partial charge in [0.05, 0.1) is 0 Å². The molecule has 1 aromatic carbocycles. The molecule has 2 heteroatoms. The molecule has 0 aliphatic rings. The van der Waals surface area contributed by atoms with Gasteiger partial charge in [-0.05, 0) is 49.4 Å². The molecule has 0 unspecified atom stereocenters.